The summed E-state index contributed by atoms with van der Waals surface area (Å²) < 4.78 is 66.7. The Morgan fingerprint density at radius 1 is 1.00 bits per heavy atom. The Bertz CT molecular complexity index is 546. The van der Waals surface area contributed by atoms with E-state index in [-0.39, 0.29) is 12.6 Å². The van der Waals surface area contributed by atoms with Crippen molar-refractivity contribution >= 4 is 5.91 Å². The van der Waals surface area contributed by atoms with E-state index in [1.165, 1.54) is 4.90 Å². The van der Waals surface area contributed by atoms with Crippen LogP contribution in [0.4, 0.5) is 22.0 Å². The van der Waals surface area contributed by atoms with E-state index in [2.05, 4.69) is 0 Å². The number of hydrogen-bond acceptors (Lipinski definition) is 1. The van der Waals surface area contributed by atoms with E-state index in [1.807, 2.05) is 0 Å². The Kier molecular flexibility index (Phi) is 4.49. The van der Waals surface area contributed by atoms with Crippen molar-refractivity contribution in [1.82, 2.24) is 4.90 Å². The van der Waals surface area contributed by atoms with Gasteiger partial charge >= 0.3 is 0 Å². The van der Waals surface area contributed by atoms with Crippen LogP contribution in [0.15, 0.2) is 0 Å². The number of likely N-dealkylation sites (tertiary alicyclic amines) is 1. The van der Waals surface area contributed by atoms with Crippen LogP contribution in [0, 0.1) is 29.1 Å². The van der Waals surface area contributed by atoms with Crippen molar-refractivity contribution in [2.75, 3.05) is 6.54 Å². The minimum atomic E-state index is -2.26. The van der Waals surface area contributed by atoms with Gasteiger partial charge in [-0.2, -0.15) is 0 Å². The van der Waals surface area contributed by atoms with Crippen LogP contribution < -0.4 is 0 Å². The van der Waals surface area contributed by atoms with E-state index < -0.39 is 40.6 Å². The zero-order chi connectivity index (χ0) is 15.7. The van der Waals surface area contributed by atoms with Gasteiger partial charge in [0, 0.05) is 12.6 Å². The highest BCUT2D eigenvalue weighted by atomic mass is 19.2. The molecule has 1 amide bonds. The molecular formula is C14H14F5NO. The standard InChI is InChI=1S/C14H14F5NO/c1-2-7-5-3-4-6-20(7)14(21)8-9(15)11(17)13(19)12(18)10(8)16/h7H,2-6H2,1H3/t7-/m0/s1. The second-order valence-corrected chi connectivity index (χ2v) is 5.00. The number of rotatable bonds is 2. The zero-order valence-corrected chi connectivity index (χ0v) is 11.4. The Hall–Kier alpha value is -1.66. The van der Waals surface area contributed by atoms with Gasteiger partial charge in [0.25, 0.3) is 5.91 Å². The van der Waals surface area contributed by atoms with Crippen molar-refractivity contribution in [1.29, 1.82) is 0 Å². The predicted molar refractivity (Wildman–Crippen MR) is 65.2 cm³/mol. The van der Waals surface area contributed by atoms with Gasteiger partial charge in [0.15, 0.2) is 23.3 Å². The van der Waals surface area contributed by atoms with Gasteiger partial charge in [-0.15, -0.1) is 0 Å². The monoisotopic (exact) mass is 307 g/mol. The first-order valence-corrected chi connectivity index (χ1v) is 6.72. The highest BCUT2D eigenvalue weighted by Crippen LogP contribution is 2.27. The molecule has 2 nitrogen and oxygen atoms in total. The summed E-state index contributed by atoms with van der Waals surface area (Å²) in [6.07, 6.45) is 2.70. The first-order chi connectivity index (χ1) is 9.90. The third-order valence-electron chi connectivity index (χ3n) is 3.78. The molecular weight excluding hydrogens is 293 g/mol. The molecule has 0 bridgehead atoms. The molecule has 1 aromatic rings. The van der Waals surface area contributed by atoms with E-state index in [0.717, 1.165) is 6.42 Å². The second kappa shape index (κ2) is 5.99. The van der Waals surface area contributed by atoms with Gasteiger partial charge in [0.1, 0.15) is 5.56 Å². The van der Waals surface area contributed by atoms with E-state index >= 15 is 0 Å². The molecule has 0 aromatic heterocycles. The van der Waals surface area contributed by atoms with E-state index in [1.54, 1.807) is 6.92 Å². The molecule has 0 unspecified atom stereocenters. The van der Waals surface area contributed by atoms with Crippen LogP contribution in [0.2, 0.25) is 0 Å². The molecule has 116 valence electrons. The largest absolute Gasteiger partial charge is 0.335 e. The summed E-state index contributed by atoms with van der Waals surface area (Å²) in [6, 6.07) is -0.249. The van der Waals surface area contributed by atoms with Crippen molar-refractivity contribution in [3.8, 4) is 0 Å². The fourth-order valence-corrected chi connectivity index (χ4v) is 2.63. The van der Waals surface area contributed by atoms with E-state index in [4.69, 9.17) is 0 Å². The number of amides is 1. The van der Waals surface area contributed by atoms with Gasteiger partial charge in [-0.25, -0.2) is 22.0 Å². The molecule has 1 aliphatic rings. The summed E-state index contributed by atoms with van der Waals surface area (Å²) in [5.41, 5.74) is -1.37. The zero-order valence-electron chi connectivity index (χ0n) is 11.4. The topological polar surface area (TPSA) is 20.3 Å². The van der Waals surface area contributed by atoms with Crippen molar-refractivity contribution in [2.45, 2.75) is 38.6 Å². The number of halogens is 5. The molecule has 0 spiro atoms. The van der Waals surface area contributed by atoms with Gasteiger partial charge in [-0.05, 0) is 25.7 Å². The molecule has 0 saturated carbocycles. The maximum atomic E-state index is 13.7. The first kappa shape index (κ1) is 15.7. The van der Waals surface area contributed by atoms with Gasteiger partial charge in [-0.3, -0.25) is 4.79 Å². The van der Waals surface area contributed by atoms with E-state index in [9.17, 15) is 26.7 Å². The lowest BCUT2D eigenvalue weighted by Gasteiger charge is -2.35. The molecule has 1 atom stereocenters. The van der Waals surface area contributed by atoms with Crippen LogP contribution in [-0.4, -0.2) is 23.4 Å². The van der Waals surface area contributed by atoms with Crippen LogP contribution in [0.3, 0.4) is 0 Å². The maximum Gasteiger partial charge on any atom is 0.260 e. The lowest BCUT2D eigenvalue weighted by Crippen LogP contribution is -2.44. The SMILES string of the molecule is CC[C@H]1CCCCN1C(=O)c1c(F)c(F)c(F)c(F)c1F. The quantitative estimate of drug-likeness (QED) is 0.462. The fraction of sp³-hybridized carbons (Fsp3) is 0.500. The first-order valence-electron chi connectivity index (χ1n) is 6.72. The van der Waals surface area contributed by atoms with Crippen molar-refractivity contribution < 1.29 is 26.7 Å². The summed E-state index contributed by atoms with van der Waals surface area (Å²) in [4.78, 5) is 13.4. The molecule has 1 fully saturated rings. The summed E-state index contributed by atoms with van der Waals surface area (Å²) in [5.74, 6) is -11.7. The van der Waals surface area contributed by atoms with Crippen LogP contribution in [0.25, 0.3) is 0 Å². The van der Waals surface area contributed by atoms with E-state index in [0.29, 0.717) is 19.3 Å². The molecule has 0 N–H and O–H groups in total. The molecule has 1 aromatic carbocycles. The van der Waals surface area contributed by atoms with Gasteiger partial charge in [0.05, 0.1) is 0 Å². The van der Waals surface area contributed by atoms with Crippen molar-refractivity contribution in [2.24, 2.45) is 0 Å². The second-order valence-electron chi connectivity index (χ2n) is 5.00. The summed E-state index contributed by atoms with van der Waals surface area (Å²) in [7, 11) is 0. The Labute approximate surface area is 118 Å². The minimum Gasteiger partial charge on any atom is -0.335 e. The Morgan fingerprint density at radius 3 is 2.05 bits per heavy atom. The number of hydrogen-bond donors (Lipinski definition) is 0. The highest BCUT2D eigenvalue weighted by Gasteiger charge is 2.34. The number of piperidine rings is 1. The van der Waals surface area contributed by atoms with Gasteiger partial charge in [0.2, 0.25) is 5.82 Å². The molecule has 0 radical (unpaired) electrons. The van der Waals surface area contributed by atoms with Crippen molar-refractivity contribution in [3.05, 3.63) is 34.6 Å². The predicted octanol–water partition coefficient (Wildman–Crippen LogP) is 3.79. The minimum absolute atomic E-state index is 0.247. The maximum absolute atomic E-state index is 13.7. The van der Waals surface area contributed by atoms with Crippen LogP contribution in [0.5, 0.6) is 0 Å². The lowest BCUT2D eigenvalue weighted by molar-refractivity contribution is 0.0594. The molecule has 7 heteroatoms. The highest BCUT2D eigenvalue weighted by molar-refractivity contribution is 5.95. The van der Waals surface area contributed by atoms with Gasteiger partial charge < -0.3 is 4.90 Å². The fourth-order valence-electron chi connectivity index (χ4n) is 2.63. The normalized spacial score (nSPS) is 19.0. The average Bonchev–Trinajstić information content (AvgIpc) is 2.51. The Balaban J connectivity index is 2.48. The number of benzene rings is 1. The van der Waals surface area contributed by atoms with Crippen molar-refractivity contribution in [3.63, 3.8) is 0 Å². The lowest BCUT2D eigenvalue weighted by atomic mass is 9.98. The average molecular weight is 307 g/mol. The van der Waals surface area contributed by atoms with Gasteiger partial charge in [-0.1, -0.05) is 6.92 Å². The van der Waals surface area contributed by atoms with Crippen LogP contribution in [0.1, 0.15) is 43.0 Å². The summed E-state index contributed by atoms with van der Waals surface area (Å²) in [6.45, 7) is 2.05. The number of nitrogens with zero attached hydrogens (tertiary/aromatic N) is 1. The smallest absolute Gasteiger partial charge is 0.260 e. The summed E-state index contributed by atoms with van der Waals surface area (Å²) in [5, 5.41) is 0. The molecule has 1 saturated heterocycles. The molecule has 0 aliphatic carbocycles. The molecule has 1 aliphatic heterocycles. The van der Waals surface area contributed by atoms with Crippen LogP contribution in [-0.2, 0) is 0 Å². The number of carbonyl (C=O) groups is 1. The molecule has 1 heterocycles. The summed E-state index contributed by atoms with van der Waals surface area (Å²) >= 11 is 0. The number of carbonyl (C=O) groups excluding carboxylic acids is 1. The third kappa shape index (κ3) is 2.61. The third-order valence-corrected chi connectivity index (χ3v) is 3.78. The molecule has 21 heavy (non-hydrogen) atoms. The van der Waals surface area contributed by atoms with Crippen LogP contribution >= 0.6 is 0 Å². The molecule has 2 rings (SSSR count). The Morgan fingerprint density at radius 2 is 1.52 bits per heavy atom.